The monoisotopic (exact) mass is 228 g/mol. The molecule has 0 fully saturated rings. The maximum atomic E-state index is 11.4. The van der Waals surface area contributed by atoms with Crippen molar-refractivity contribution in [3.05, 3.63) is 11.1 Å². The Hall–Kier alpha value is -0.940. The Bertz CT molecular complexity index is 311. The quantitative estimate of drug-likeness (QED) is 0.706. The SMILES string of the molecule is CCCC[NH2+]CC(=O)Nc1ncc(C)s1. The van der Waals surface area contributed by atoms with Crippen LogP contribution in [-0.4, -0.2) is 24.0 Å². The van der Waals surface area contributed by atoms with Crippen LogP contribution >= 0.6 is 11.3 Å². The van der Waals surface area contributed by atoms with Gasteiger partial charge in [0.25, 0.3) is 5.91 Å². The summed E-state index contributed by atoms with van der Waals surface area (Å²) in [6.07, 6.45) is 4.09. The van der Waals surface area contributed by atoms with E-state index < -0.39 is 0 Å². The molecular formula is C10H18N3OS+. The van der Waals surface area contributed by atoms with Gasteiger partial charge in [-0.2, -0.15) is 0 Å². The zero-order valence-corrected chi connectivity index (χ0v) is 10.1. The summed E-state index contributed by atoms with van der Waals surface area (Å²) < 4.78 is 0. The second-order valence-electron chi connectivity index (χ2n) is 3.46. The molecule has 0 atom stereocenters. The van der Waals surface area contributed by atoms with E-state index >= 15 is 0 Å². The number of hydrogen-bond acceptors (Lipinski definition) is 3. The average Bonchev–Trinajstić information content (AvgIpc) is 2.59. The lowest BCUT2D eigenvalue weighted by Crippen LogP contribution is -2.86. The number of thiazole rings is 1. The predicted octanol–water partition coefficient (Wildman–Crippen LogP) is 0.754. The van der Waals surface area contributed by atoms with Gasteiger partial charge in [-0.3, -0.25) is 10.1 Å². The van der Waals surface area contributed by atoms with Crippen LogP contribution in [0.1, 0.15) is 24.6 Å². The molecule has 1 heterocycles. The molecule has 1 aromatic rings. The van der Waals surface area contributed by atoms with Crippen LogP contribution in [0, 0.1) is 6.92 Å². The van der Waals surface area contributed by atoms with Crippen molar-refractivity contribution in [1.29, 1.82) is 0 Å². The zero-order valence-electron chi connectivity index (χ0n) is 9.25. The maximum Gasteiger partial charge on any atom is 0.281 e. The van der Waals surface area contributed by atoms with Gasteiger partial charge in [0.05, 0.1) is 6.54 Å². The van der Waals surface area contributed by atoms with Gasteiger partial charge in [-0.05, 0) is 13.3 Å². The van der Waals surface area contributed by atoms with E-state index in [0.717, 1.165) is 17.8 Å². The molecule has 15 heavy (non-hydrogen) atoms. The standard InChI is InChI=1S/C10H17N3OS/c1-3-4-5-11-7-9(14)13-10-12-6-8(2)15-10/h6,11H,3-5,7H2,1-2H3,(H,12,13,14)/p+1. The van der Waals surface area contributed by atoms with Crippen LogP contribution in [0.4, 0.5) is 5.13 Å². The lowest BCUT2D eigenvalue weighted by Gasteiger charge is -2.00. The number of rotatable bonds is 6. The number of unbranched alkanes of at least 4 members (excludes halogenated alkanes) is 1. The molecule has 0 aliphatic rings. The Morgan fingerprint density at radius 1 is 1.67 bits per heavy atom. The van der Waals surface area contributed by atoms with Crippen LogP contribution < -0.4 is 10.6 Å². The molecule has 0 aliphatic heterocycles. The minimum absolute atomic E-state index is 0.0282. The molecule has 0 bridgehead atoms. The molecule has 1 amide bonds. The molecule has 0 saturated carbocycles. The van der Waals surface area contributed by atoms with Gasteiger partial charge in [-0.1, -0.05) is 13.3 Å². The van der Waals surface area contributed by atoms with Gasteiger partial charge in [-0.15, -0.1) is 11.3 Å². The Labute approximate surface area is 94.1 Å². The smallest absolute Gasteiger partial charge is 0.281 e. The van der Waals surface area contributed by atoms with Gasteiger partial charge in [-0.25, -0.2) is 4.98 Å². The van der Waals surface area contributed by atoms with E-state index in [1.54, 1.807) is 6.20 Å². The lowest BCUT2D eigenvalue weighted by atomic mass is 10.3. The second kappa shape index (κ2) is 6.53. The van der Waals surface area contributed by atoms with E-state index in [0.29, 0.717) is 11.7 Å². The van der Waals surface area contributed by atoms with E-state index in [-0.39, 0.29) is 5.91 Å². The number of carbonyl (C=O) groups is 1. The van der Waals surface area contributed by atoms with Crippen molar-refractivity contribution in [3.63, 3.8) is 0 Å². The second-order valence-corrected chi connectivity index (χ2v) is 4.69. The number of nitrogens with two attached hydrogens (primary N) is 1. The van der Waals surface area contributed by atoms with Crippen molar-refractivity contribution in [1.82, 2.24) is 4.98 Å². The van der Waals surface area contributed by atoms with Crippen LogP contribution in [0.2, 0.25) is 0 Å². The Kier molecular flexibility index (Phi) is 5.28. The molecule has 0 radical (unpaired) electrons. The summed E-state index contributed by atoms with van der Waals surface area (Å²) in [4.78, 5) is 16.6. The molecule has 0 unspecified atom stereocenters. The van der Waals surface area contributed by atoms with Crippen molar-refractivity contribution >= 4 is 22.4 Å². The van der Waals surface area contributed by atoms with E-state index in [4.69, 9.17) is 0 Å². The summed E-state index contributed by atoms with van der Waals surface area (Å²) in [7, 11) is 0. The number of nitrogens with one attached hydrogen (secondary N) is 1. The van der Waals surface area contributed by atoms with Gasteiger partial charge < -0.3 is 5.32 Å². The minimum atomic E-state index is 0.0282. The summed E-state index contributed by atoms with van der Waals surface area (Å²) in [6.45, 7) is 5.62. The number of amides is 1. The van der Waals surface area contributed by atoms with Crippen molar-refractivity contribution in [2.75, 3.05) is 18.4 Å². The highest BCUT2D eigenvalue weighted by molar-refractivity contribution is 7.15. The summed E-state index contributed by atoms with van der Waals surface area (Å²) >= 11 is 1.50. The highest BCUT2D eigenvalue weighted by Crippen LogP contribution is 2.15. The summed E-state index contributed by atoms with van der Waals surface area (Å²) in [6, 6.07) is 0. The molecule has 84 valence electrons. The zero-order chi connectivity index (χ0) is 11.1. The molecule has 5 heteroatoms. The number of quaternary nitrogens is 1. The number of hydrogen-bond donors (Lipinski definition) is 2. The van der Waals surface area contributed by atoms with Gasteiger partial charge in [0.2, 0.25) is 0 Å². The van der Waals surface area contributed by atoms with Gasteiger partial charge in [0.1, 0.15) is 0 Å². The predicted molar refractivity (Wildman–Crippen MR) is 62.0 cm³/mol. The highest BCUT2D eigenvalue weighted by Gasteiger charge is 2.06. The van der Waals surface area contributed by atoms with E-state index in [2.05, 4.69) is 17.2 Å². The molecular weight excluding hydrogens is 210 g/mol. The number of nitrogens with zero attached hydrogens (tertiary/aromatic N) is 1. The molecule has 1 rings (SSSR count). The fourth-order valence-corrected chi connectivity index (χ4v) is 1.85. The van der Waals surface area contributed by atoms with Crippen molar-refractivity contribution in [2.45, 2.75) is 26.7 Å². The minimum Gasteiger partial charge on any atom is -0.338 e. The number of aryl methyl sites for hydroxylation is 1. The molecule has 0 aromatic carbocycles. The molecule has 4 nitrogen and oxygen atoms in total. The summed E-state index contributed by atoms with van der Waals surface area (Å²) in [5.74, 6) is 0.0282. The molecule has 0 saturated heterocycles. The lowest BCUT2D eigenvalue weighted by molar-refractivity contribution is -0.643. The third kappa shape index (κ3) is 4.90. The molecule has 1 aromatic heterocycles. The van der Waals surface area contributed by atoms with E-state index in [1.165, 1.54) is 17.8 Å². The number of anilines is 1. The fraction of sp³-hybridized carbons (Fsp3) is 0.600. The van der Waals surface area contributed by atoms with Crippen LogP contribution in [0.25, 0.3) is 0 Å². The Morgan fingerprint density at radius 3 is 3.07 bits per heavy atom. The first-order valence-corrected chi connectivity index (χ1v) is 6.08. The van der Waals surface area contributed by atoms with E-state index in [9.17, 15) is 4.79 Å². The van der Waals surface area contributed by atoms with Gasteiger partial charge in [0.15, 0.2) is 11.7 Å². The Balaban J connectivity index is 2.18. The number of carbonyl (C=O) groups excluding carboxylic acids is 1. The van der Waals surface area contributed by atoms with Crippen molar-refractivity contribution in [3.8, 4) is 0 Å². The third-order valence-electron chi connectivity index (χ3n) is 1.96. The maximum absolute atomic E-state index is 11.4. The first-order valence-electron chi connectivity index (χ1n) is 5.26. The third-order valence-corrected chi connectivity index (χ3v) is 2.79. The van der Waals surface area contributed by atoms with Crippen LogP contribution in [0.15, 0.2) is 6.20 Å². The summed E-state index contributed by atoms with van der Waals surface area (Å²) in [5.41, 5.74) is 0. The molecule has 0 aliphatic carbocycles. The first kappa shape index (κ1) is 12.1. The first-order chi connectivity index (χ1) is 7.22. The molecule has 3 N–H and O–H groups in total. The summed E-state index contributed by atoms with van der Waals surface area (Å²) in [5, 5.41) is 5.50. The van der Waals surface area contributed by atoms with Crippen LogP contribution in [0.5, 0.6) is 0 Å². The molecule has 0 spiro atoms. The van der Waals surface area contributed by atoms with E-state index in [1.807, 2.05) is 12.2 Å². The Morgan fingerprint density at radius 2 is 2.47 bits per heavy atom. The van der Waals surface area contributed by atoms with Crippen molar-refractivity contribution in [2.24, 2.45) is 0 Å². The largest absolute Gasteiger partial charge is 0.338 e. The normalized spacial score (nSPS) is 10.3. The van der Waals surface area contributed by atoms with Crippen molar-refractivity contribution < 1.29 is 10.1 Å². The highest BCUT2D eigenvalue weighted by atomic mass is 32.1. The average molecular weight is 228 g/mol. The van der Waals surface area contributed by atoms with Crippen LogP contribution in [-0.2, 0) is 4.79 Å². The van der Waals surface area contributed by atoms with Gasteiger partial charge >= 0.3 is 0 Å². The van der Waals surface area contributed by atoms with Crippen LogP contribution in [0.3, 0.4) is 0 Å². The number of aromatic nitrogens is 1. The fourth-order valence-electron chi connectivity index (χ4n) is 1.16. The van der Waals surface area contributed by atoms with Gasteiger partial charge in [0, 0.05) is 11.1 Å². The topological polar surface area (TPSA) is 58.6 Å².